The Kier molecular flexibility index (Phi) is 4.32. The molecule has 0 aliphatic heterocycles. The summed E-state index contributed by atoms with van der Waals surface area (Å²) in [4.78, 5) is 0. The first kappa shape index (κ1) is 21.1. The molecular weight excluding hydrogens is 494 g/mol. The van der Waals surface area contributed by atoms with Gasteiger partial charge in [0.2, 0.25) is 0 Å². The van der Waals surface area contributed by atoms with Gasteiger partial charge in [0.1, 0.15) is 0 Å². The summed E-state index contributed by atoms with van der Waals surface area (Å²) in [6.45, 7) is 20.1. The van der Waals surface area contributed by atoms with E-state index in [4.69, 9.17) is 13.2 Å². The number of allylic oxidation sites excluding steroid dienone is 2. The molecule has 0 heterocycles. The van der Waals surface area contributed by atoms with Crippen LogP contribution in [0.4, 0.5) is 0 Å². The van der Waals surface area contributed by atoms with Crippen molar-refractivity contribution in [2.45, 2.75) is 113 Å². The van der Waals surface area contributed by atoms with E-state index in [0.29, 0.717) is 30.3 Å². The zero-order chi connectivity index (χ0) is 21.2. The average molecular weight is 537 g/mol. The summed E-state index contributed by atoms with van der Waals surface area (Å²) in [7, 11) is 0. The topological polar surface area (TPSA) is 0 Å². The van der Waals surface area contributed by atoms with Crippen LogP contribution in [0.5, 0.6) is 0 Å². The minimum atomic E-state index is 0.382. The van der Waals surface area contributed by atoms with Crippen LogP contribution in [0, 0.1) is 33.5 Å². The van der Waals surface area contributed by atoms with Crippen LogP contribution in [0.25, 0.3) is 0 Å². The van der Waals surface area contributed by atoms with Crippen LogP contribution < -0.4 is 0 Å². The van der Waals surface area contributed by atoms with Gasteiger partial charge in [0.15, 0.2) is 0 Å². The fourth-order valence-corrected chi connectivity index (χ4v) is 26.6. The van der Waals surface area contributed by atoms with Gasteiger partial charge in [-0.25, -0.2) is 0 Å². The Morgan fingerprint density at radius 3 is 1.27 bits per heavy atom. The Morgan fingerprint density at radius 2 is 0.933 bits per heavy atom. The molecular formula is C28H42Se2. The standard InChI is InChI=1S/C28H42Se2/c1-19-23(3,4)21-11-17-27(19,25(21)13-7-8-14-25)29-30-28-18-12-22(24(5,6)20(28)2)26(28)15-9-10-16-26/h21-22H,1-2,7-18H2,3-6H3/t21-,22-,27-,28-/m0/s1. The first-order chi connectivity index (χ1) is 14.1. The number of hydrogen-bond acceptors (Lipinski definition) is 0. The molecule has 6 saturated carbocycles. The molecule has 166 valence electrons. The summed E-state index contributed by atoms with van der Waals surface area (Å²) in [5.74, 6) is 1.85. The van der Waals surface area contributed by atoms with Crippen molar-refractivity contribution in [3.8, 4) is 0 Å². The molecule has 6 aliphatic rings. The molecule has 0 radical (unpaired) electrons. The van der Waals surface area contributed by atoms with E-state index in [1.165, 1.54) is 77.0 Å². The van der Waals surface area contributed by atoms with Gasteiger partial charge in [-0.05, 0) is 0 Å². The van der Waals surface area contributed by atoms with E-state index >= 15 is 0 Å². The van der Waals surface area contributed by atoms with Crippen LogP contribution in [0.1, 0.15) is 105 Å². The van der Waals surface area contributed by atoms with Crippen LogP contribution in [0.15, 0.2) is 24.3 Å². The molecule has 0 aromatic carbocycles. The Morgan fingerprint density at radius 1 is 0.600 bits per heavy atom. The van der Waals surface area contributed by atoms with Gasteiger partial charge in [0.25, 0.3) is 0 Å². The Balaban J connectivity index is 1.40. The molecule has 0 aromatic rings. The molecule has 0 unspecified atom stereocenters. The summed E-state index contributed by atoms with van der Waals surface area (Å²) in [5.41, 5.74) is 5.47. The van der Waals surface area contributed by atoms with E-state index in [-0.39, 0.29) is 0 Å². The second-order valence-electron chi connectivity index (χ2n) is 13.1. The van der Waals surface area contributed by atoms with Crippen LogP contribution in [-0.4, -0.2) is 26.3 Å². The van der Waals surface area contributed by atoms with Crippen molar-refractivity contribution in [2.24, 2.45) is 33.5 Å². The maximum atomic E-state index is 4.92. The molecule has 2 heteroatoms. The normalized spacial score (nSPS) is 46.1. The Hall–Kier alpha value is 0.519. The third kappa shape index (κ3) is 2.02. The van der Waals surface area contributed by atoms with E-state index in [1.807, 2.05) is 0 Å². The molecule has 0 N–H and O–H groups in total. The van der Waals surface area contributed by atoms with E-state index in [9.17, 15) is 0 Å². The monoisotopic (exact) mass is 538 g/mol. The molecule has 0 saturated heterocycles. The molecule has 2 spiro atoms. The fourth-order valence-electron chi connectivity index (χ4n) is 10.8. The van der Waals surface area contributed by atoms with Crippen molar-refractivity contribution in [1.82, 2.24) is 0 Å². The van der Waals surface area contributed by atoms with Crippen molar-refractivity contribution in [3.05, 3.63) is 24.3 Å². The number of rotatable bonds is 3. The van der Waals surface area contributed by atoms with E-state index < -0.39 is 0 Å². The van der Waals surface area contributed by atoms with E-state index in [0.717, 1.165) is 38.1 Å². The van der Waals surface area contributed by atoms with Crippen molar-refractivity contribution in [3.63, 3.8) is 0 Å². The quantitative estimate of drug-likeness (QED) is 0.256. The predicted molar refractivity (Wildman–Crippen MR) is 130 cm³/mol. The van der Waals surface area contributed by atoms with Gasteiger partial charge in [-0.2, -0.15) is 0 Å². The fraction of sp³-hybridized carbons (Fsp3) is 0.857. The first-order valence-electron chi connectivity index (χ1n) is 12.9. The summed E-state index contributed by atoms with van der Waals surface area (Å²) >= 11 is 1.47. The Labute approximate surface area is 196 Å². The van der Waals surface area contributed by atoms with E-state index in [1.54, 1.807) is 11.1 Å². The van der Waals surface area contributed by atoms with Crippen molar-refractivity contribution >= 4 is 26.3 Å². The minimum absolute atomic E-state index is 0.382. The molecule has 0 amide bonds. The SMILES string of the molecule is C=C1C(C)(C)[C@@H]2CC[C@@]1([Se][Se][C@@]13CC[C@@H](C(C)(C)C1=C)C31CCCC1)C21CCCC1. The molecule has 0 nitrogen and oxygen atoms in total. The van der Waals surface area contributed by atoms with Crippen LogP contribution in [0.3, 0.4) is 0 Å². The molecule has 4 bridgehead atoms. The van der Waals surface area contributed by atoms with Gasteiger partial charge < -0.3 is 0 Å². The summed E-state index contributed by atoms with van der Waals surface area (Å²) in [6.07, 6.45) is 18.0. The summed E-state index contributed by atoms with van der Waals surface area (Å²) in [6, 6.07) is 0. The van der Waals surface area contributed by atoms with Gasteiger partial charge in [0.05, 0.1) is 0 Å². The molecule has 6 fully saturated rings. The van der Waals surface area contributed by atoms with Gasteiger partial charge in [0, 0.05) is 0 Å². The van der Waals surface area contributed by atoms with Gasteiger partial charge in [-0.15, -0.1) is 0 Å². The van der Waals surface area contributed by atoms with Gasteiger partial charge in [-0.3, -0.25) is 0 Å². The molecule has 6 aliphatic carbocycles. The third-order valence-corrected chi connectivity index (χ3v) is 24.2. The third-order valence-electron chi connectivity index (χ3n) is 12.1. The number of hydrogen-bond donors (Lipinski definition) is 0. The summed E-state index contributed by atoms with van der Waals surface area (Å²) < 4.78 is 1.06. The maximum absolute atomic E-state index is 4.92. The zero-order valence-corrected chi connectivity index (χ0v) is 23.3. The van der Waals surface area contributed by atoms with Gasteiger partial charge in [-0.1, -0.05) is 0 Å². The van der Waals surface area contributed by atoms with Crippen LogP contribution >= 0.6 is 0 Å². The second-order valence-corrected chi connectivity index (χ2v) is 20.4. The average Bonchev–Trinajstić information content (AvgIpc) is 3.50. The molecule has 6 rings (SSSR count). The zero-order valence-electron chi connectivity index (χ0n) is 19.9. The first-order valence-corrected chi connectivity index (χ1v) is 18.9. The van der Waals surface area contributed by atoms with E-state index in [2.05, 4.69) is 27.7 Å². The van der Waals surface area contributed by atoms with Crippen LogP contribution in [-0.2, 0) is 0 Å². The van der Waals surface area contributed by atoms with Crippen molar-refractivity contribution < 1.29 is 0 Å². The van der Waals surface area contributed by atoms with Crippen LogP contribution in [0.2, 0.25) is 8.63 Å². The van der Waals surface area contributed by atoms with Crippen molar-refractivity contribution in [1.29, 1.82) is 0 Å². The molecule has 4 atom stereocenters. The van der Waals surface area contributed by atoms with Crippen molar-refractivity contribution in [2.75, 3.05) is 0 Å². The molecule has 30 heavy (non-hydrogen) atoms. The Bertz CT molecular complexity index is 738. The second kappa shape index (κ2) is 6.14. The predicted octanol–water partition coefficient (Wildman–Crippen LogP) is 7.76. The van der Waals surface area contributed by atoms with Gasteiger partial charge >= 0.3 is 197 Å². The summed E-state index contributed by atoms with van der Waals surface area (Å²) in [5, 5.41) is 0. The molecule has 0 aromatic heterocycles.